The van der Waals surface area contributed by atoms with E-state index < -0.39 is 29.3 Å². The molecule has 0 radical (unpaired) electrons. The molecule has 1 atom stereocenters. The van der Waals surface area contributed by atoms with E-state index in [4.69, 9.17) is 4.74 Å². The number of nitrogens with zero attached hydrogens (tertiary/aromatic N) is 1. The molecule has 1 heterocycles. The molecule has 1 unspecified atom stereocenters. The molecule has 0 aromatic heterocycles. The zero-order chi connectivity index (χ0) is 23.9. The molecule has 1 aliphatic rings. The van der Waals surface area contributed by atoms with Crippen molar-refractivity contribution in [2.24, 2.45) is 0 Å². The predicted molar refractivity (Wildman–Crippen MR) is 122 cm³/mol. The van der Waals surface area contributed by atoms with Crippen molar-refractivity contribution in [2.75, 3.05) is 12.0 Å². The monoisotopic (exact) mass is 447 g/mol. The van der Waals surface area contributed by atoms with Crippen LogP contribution in [0.25, 0.3) is 5.76 Å². The summed E-state index contributed by atoms with van der Waals surface area (Å²) in [4.78, 5) is 27.8. The summed E-state index contributed by atoms with van der Waals surface area (Å²) in [6.07, 6.45) is 0. The Labute approximate surface area is 190 Å². The fourth-order valence-electron chi connectivity index (χ4n) is 4.06. The Bertz CT molecular complexity index is 1300. The summed E-state index contributed by atoms with van der Waals surface area (Å²) in [5, 5.41) is 21.0. The minimum Gasteiger partial charge on any atom is -0.508 e. The van der Waals surface area contributed by atoms with Crippen LogP contribution in [0.15, 0.2) is 66.2 Å². The minimum absolute atomic E-state index is 0.00855. The first kappa shape index (κ1) is 22.1. The molecular weight excluding hydrogens is 425 g/mol. The molecule has 3 aromatic carbocycles. The Hall–Kier alpha value is -4.13. The van der Waals surface area contributed by atoms with Crippen molar-refractivity contribution in [2.45, 2.75) is 19.9 Å². The second-order valence-corrected chi connectivity index (χ2v) is 7.82. The van der Waals surface area contributed by atoms with Gasteiger partial charge in [0.1, 0.15) is 23.1 Å². The smallest absolute Gasteiger partial charge is 0.300 e. The Morgan fingerprint density at radius 1 is 1.03 bits per heavy atom. The van der Waals surface area contributed by atoms with Gasteiger partial charge in [0.05, 0.1) is 24.3 Å². The van der Waals surface area contributed by atoms with Gasteiger partial charge < -0.3 is 14.9 Å². The summed E-state index contributed by atoms with van der Waals surface area (Å²) in [5.41, 5.74) is 2.48. The molecular formula is C26H22FNO5. The average Bonchev–Trinajstić information content (AvgIpc) is 3.06. The number of carbonyl (C=O) groups excluding carboxylic acids is 2. The Morgan fingerprint density at radius 2 is 1.73 bits per heavy atom. The van der Waals surface area contributed by atoms with Crippen molar-refractivity contribution >= 4 is 23.1 Å². The quantitative estimate of drug-likeness (QED) is 0.341. The number of ether oxygens (including phenoxy) is 1. The summed E-state index contributed by atoms with van der Waals surface area (Å²) in [6, 6.07) is 13.9. The van der Waals surface area contributed by atoms with Gasteiger partial charge in [-0.15, -0.1) is 0 Å². The van der Waals surface area contributed by atoms with Gasteiger partial charge in [0, 0.05) is 5.69 Å². The maximum absolute atomic E-state index is 14.0. The van der Waals surface area contributed by atoms with Crippen molar-refractivity contribution in [3.05, 3.63) is 94.3 Å². The lowest BCUT2D eigenvalue weighted by molar-refractivity contribution is -0.132. The average molecular weight is 447 g/mol. The van der Waals surface area contributed by atoms with E-state index in [0.717, 1.165) is 17.2 Å². The largest absolute Gasteiger partial charge is 0.508 e. The number of aryl methyl sites for hydroxylation is 1. The number of hydrogen-bond donors (Lipinski definition) is 2. The number of aliphatic hydroxyl groups excluding tert-OH is 1. The molecule has 0 bridgehead atoms. The van der Waals surface area contributed by atoms with Crippen LogP contribution in [-0.2, 0) is 9.59 Å². The van der Waals surface area contributed by atoms with E-state index in [0.29, 0.717) is 11.3 Å². The molecule has 168 valence electrons. The van der Waals surface area contributed by atoms with Crippen LogP contribution in [0.2, 0.25) is 0 Å². The van der Waals surface area contributed by atoms with Crippen LogP contribution in [0, 0.1) is 19.7 Å². The van der Waals surface area contributed by atoms with Crippen molar-refractivity contribution < 1.29 is 28.9 Å². The molecule has 2 N–H and O–H groups in total. The number of aromatic hydroxyl groups is 1. The number of amides is 1. The molecule has 0 spiro atoms. The van der Waals surface area contributed by atoms with E-state index in [9.17, 15) is 24.2 Å². The molecule has 4 rings (SSSR count). The van der Waals surface area contributed by atoms with Crippen LogP contribution < -0.4 is 9.64 Å². The van der Waals surface area contributed by atoms with Gasteiger partial charge in [0.15, 0.2) is 0 Å². The van der Waals surface area contributed by atoms with Gasteiger partial charge in [-0.05, 0) is 66.9 Å². The lowest BCUT2D eigenvalue weighted by Gasteiger charge is -2.27. The second kappa shape index (κ2) is 8.43. The zero-order valence-corrected chi connectivity index (χ0v) is 18.3. The van der Waals surface area contributed by atoms with E-state index in [1.165, 1.54) is 36.3 Å². The number of carbonyl (C=O) groups is 2. The Morgan fingerprint density at radius 3 is 2.39 bits per heavy atom. The van der Waals surface area contributed by atoms with Gasteiger partial charge >= 0.3 is 0 Å². The van der Waals surface area contributed by atoms with Gasteiger partial charge in [0.2, 0.25) is 0 Å². The molecule has 33 heavy (non-hydrogen) atoms. The van der Waals surface area contributed by atoms with Gasteiger partial charge in [-0.1, -0.05) is 24.3 Å². The number of ketones is 1. The first-order valence-corrected chi connectivity index (χ1v) is 10.2. The number of rotatable bonds is 4. The van der Waals surface area contributed by atoms with Gasteiger partial charge in [-0.25, -0.2) is 4.39 Å². The highest BCUT2D eigenvalue weighted by molar-refractivity contribution is 6.51. The number of methoxy groups -OCH3 is 1. The molecule has 1 aliphatic heterocycles. The lowest BCUT2D eigenvalue weighted by Crippen LogP contribution is -2.30. The Kier molecular flexibility index (Phi) is 5.64. The third-order valence-corrected chi connectivity index (χ3v) is 5.91. The summed E-state index contributed by atoms with van der Waals surface area (Å²) in [5.74, 6) is -2.75. The fraction of sp³-hybridized carbons (Fsp3) is 0.154. The maximum Gasteiger partial charge on any atom is 0.300 e. The number of phenolic OH excluding ortho intramolecular Hbond substituents is 1. The SMILES string of the molecule is COc1ccc(F)cc1/C(O)=C1\C(=O)C(=O)N(c2cccc(C)c2C)C1c1ccc(O)cc1. The molecule has 7 heteroatoms. The van der Waals surface area contributed by atoms with Crippen LogP contribution in [0.1, 0.15) is 28.3 Å². The first-order valence-electron chi connectivity index (χ1n) is 10.2. The normalized spacial score (nSPS) is 17.5. The highest BCUT2D eigenvalue weighted by Gasteiger charge is 2.47. The number of Topliss-reactive ketones (excluding diaryl/α,β-unsaturated/α-hetero) is 1. The molecule has 1 saturated heterocycles. The number of anilines is 1. The number of phenols is 1. The van der Waals surface area contributed by atoms with Crippen LogP contribution in [-0.4, -0.2) is 29.0 Å². The number of benzene rings is 3. The first-order chi connectivity index (χ1) is 15.7. The minimum atomic E-state index is -1.00. The zero-order valence-electron chi connectivity index (χ0n) is 18.3. The van der Waals surface area contributed by atoms with Crippen LogP contribution in [0.3, 0.4) is 0 Å². The second-order valence-electron chi connectivity index (χ2n) is 7.82. The van der Waals surface area contributed by atoms with E-state index >= 15 is 0 Å². The summed E-state index contributed by atoms with van der Waals surface area (Å²) in [6.45, 7) is 3.73. The van der Waals surface area contributed by atoms with Crippen molar-refractivity contribution in [3.8, 4) is 11.5 Å². The van der Waals surface area contributed by atoms with Gasteiger partial charge in [0.25, 0.3) is 11.7 Å². The molecule has 6 nitrogen and oxygen atoms in total. The fourth-order valence-corrected chi connectivity index (χ4v) is 4.06. The van der Waals surface area contributed by atoms with Crippen LogP contribution in [0.5, 0.6) is 11.5 Å². The van der Waals surface area contributed by atoms with Gasteiger partial charge in [-0.2, -0.15) is 0 Å². The molecule has 1 amide bonds. The summed E-state index contributed by atoms with van der Waals surface area (Å²) >= 11 is 0. The number of halogens is 1. The topological polar surface area (TPSA) is 87.1 Å². The lowest BCUT2D eigenvalue weighted by atomic mass is 9.94. The summed E-state index contributed by atoms with van der Waals surface area (Å²) < 4.78 is 19.3. The summed E-state index contributed by atoms with van der Waals surface area (Å²) in [7, 11) is 1.36. The van der Waals surface area contributed by atoms with Crippen molar-refractivity contribution in [1.29, 1.82) is 0 Å². The predicted octanol–water partition coefficient (Wildman–Crippen LogP) is 4.78. The van der Waals surface area contributed by atoms with Gasteiger partial charge in [-0.3, -0.25) is 14.5 Å². The van der Waals surface area contributed by atoms with E-state index in [1.54, 1.807) is 24.3 Å². The third kappa shape index (κ3) is 3.71. The van der Waals surface area contributed by atoms with Crippen LogP contribution >= 0.6 is 0 Å². The third-order valence-electron chi connectivity index (χ3n) is 5.91. The number of hydrogen-bond acceptors (Lipinski definition) is 5. The van der Waals surface area contributed by atoms with Crippen LogP contribution in [0.4, 0.5) is 10.1 Å². The van der Waals surface area contributed by atoms with Crippen molar-refractivity contribution in [1.82, 2.24) is 0 Å². The highest BCUT2D eigenvalue weighted by Crippen LogP contribution is 2.44. The Balaban J connectivity index is 2.02. The van der Waals surface area contributed by atoms with E-state index in [1.807, 2.05) is 19.9 Å². The maximum atomic E-state index is 14.0. The molecule has 1 fully saturated rings. The van der Waals surface area contributed by atoms with E-state index in [2.05, 4.69) is 0 Å². The highest BCUT2D eigenvalue weighted by atomic mass is 19.1. The molecule has 3 aromatic rings. The standard InChI is InChI=1S/C26H22FNO5/c1-14-5-4-6-20(15(14)2)28-23(16-7-10-18(29)11-8-16)22(25(31)26(28)32)24(30)19-13-17(27)9-12-21(19)33-3/h4-13,23,29-30H,1-3H3/b24-22+. The number of aliphatic hydroxyl groups is 1. The molecule has 0 saturated carbocycles. The molecule has 0 aliphatic carbocycles. The van der Waals surface area contributed by atoms with E-state index in [-0.39, 0.29) is 22.6 Å². The van der Waals surface area contributed by atoms with Crippen molar-refractivity contribution in [3.63, 3.8) is 0 Å².